The largest absolute Gasteiger partial charge is 0.491 e. The molecule has 0 saturated heterocycles. The van der Waals surface area contributed by atoms with Crippen LogP contribution in [0.5, 0.6) is 5.75 Å². The second-order valence-electron chi connectivity index (χ2n) is 7.65. The van der Waals surface area contributed by atoms with E-state index in [9.17, 15) is 4.79 Å². The van der Waals surface area contributed by atoms with Gasteiger partial charge in [0.05, 0.1) is 11.7 Å². The lowest BCUT2D eigenvalue weighted by molar-refractivity contribution is -0.113. The van der Waals surface area contributed by atoms with Crippen LogP contribution >= 0.6 is 0 Å². The summed E-state index contributed by atoms with van der Waals surface area (Å²) in [6.45, 7) is 7.86. The third-order valence-corrected chi connectivity index (χ3v) is 4.89. The van der Waals surface area contributed by atoms with E-state index in [-0.39, 0.29) is 12.0 Å². The Bertz CT molecular complexity index is 1100. The van der Waals surface area contributed by atoms with Crippen molar-refractivity contribution in [2.24, 2.45) is 0 Å². The van der Waals surface area contributed by atoms with Gasteiger partial charge in [-0.3, -0.25) is 4.79 Å². The van der Waals surface area contributed by atoms with Crippen LogP contribution in [0.15, 0.2) is 66.1 Å². The van der Waals surface area contributed by atoms with Gasteiger partial charge in [0.25, 0.3) is 5.91 Å². The van der Waals surface area contributed by atoms with Gasteiger partial charge in [0.2, 0.25) is 5.95 Å². The molecule has 2 N–H and O–H groups in total. The fraction of sp³-hybridized carbons (Fsp3) is 0.261. The Balaban J connectivity index is 1.74. The molecule has 0 spiro atoms. The number of aromatic nitrogens is 3. The predicted octanol–water partition coefficient (Wildman–Crippen LogP) is 4.30. The summed E-state index contributed by atoms with van der Waals surface area (Å²) < 4.78 is 7.59. The van der Waals surface area contributed by atoms with E-state index >= 15 is 0 Å². The summed E-state index contributed by atoms with van der Waals surface area (Å²) in [7, 11) is 0. The molecule has 1 aliphatic rings. The van der Waals surface area contributed by atoms with E-state index in [1.807, 2.05) is 76.2 Å². The lowest BCUT2D eigenvalue weighted by Gasteiger charge is -2.29. The van der Waals surface area contributed by atoms with Gasteiger partial charge in [0.15, 0.2) is 0 Å². The van der Waals surface area contributed by atoms with Crippen molar-refractivity contribution in [3.63, 3.8) is 0 Å². The van der Waals surface area contributed by atoms with Crippen LogP contribution in [0.1, 0.15) is 37.9 Å². The SMILES string of the molecule is CC1=C(C(=O)Nc2ccc(C)cc2)C(c2cccc(OC(C)C)c2)n2ncnc2N1. The first-order valence-electron chi connectivity index (χ1n) is 9.94. The van der Waals surface area contributed by atoms with Crippen molar-refractivity contribution in [3.05, 3.63) is 77.3 Å². The van der Waals surface area contributed by atoms with Crippen molar-refractivity contribution in [1.82, 2.24) is 14.8 Å². The van der Waals surface area contributed by atoms with Crippen molar-refractivity contribution in [2.45, 2.75) is 39.8 Å². The van der Waals surface area contributed by atoms with Crippen LogP contribution in [0.3, 0.4) is 0 Å². The maximum absolute atomic E-state index is 13.3. The number of anilines is 2. The van der Waals surface area contributed by atoms with Gasteiger partial charge in [0, 0.05) is 11.4 Å². The highest BCUT2D eigenvalue weighted by molar-refractivity contribution is 6.06. The van der Waals surface area contributed by atoms with Gasteiger partial charge in [-0.25, -0.2) is 4.68 Å². The van der Waals surface area contributed by atoms with Crippen LogP contribution in [0.4, 0.5) is 11.6 Å². The van der Waals surface area contributed by atoms with Crippen LogP contribution in [-0.2, 0) is 4.79 Å². The number of nitrogens with zero attached hydrogens (tertiary/aromatic N) is 3. The number of hydrogen-bond donors (Lipinski definition) is 2. The summed E-state index contributed by atoms with van der Waals surface area (Å²) in [6.07, 6.45) is 1.54. The van der Waals surface area contributed by atoms with Crippen molar-refractivity contribution in [1.29, 1.82) is 0 Å². The molecule has 1 aliphatic heterocycles. The smallest absolute Gasteiger partial charge is 0.255 e. The molecule has 0 radical (unpaired) electrons. The van der Waals surface area contributed by atoms with Crippen LogP contribution < -0.4 is 15.4 Å². The Hall–Kier alpha value is -3.61. The Morgan fingerprint density at radius 1 is 1.17 bits per heavy atom. The normalized spacial score (nSPS) is 15.6. The highest BCUT2D eigenvalue weighted by Gasteiger charge is 2.33. The van der Waals surface area contributed by atoms with Crippen molar-refractivity contribution in [3.8, 4) is 5.75 Å². The van der Waals surface area contributed by atoms with Gasteiger partial charge >= 0.3 is 0 Å². The Morgan fingerprint density at radius 2 is 1.93 bits per heavy atom. The number of hydrogen-bond acceptors (Lipinski definition) is 5. The summed E-state index contributed by atoms with van der Waals surface area (Å²) in [6, 6.07) is 15.1. The molecule has 1 aromatic heterocycles. The first-order chi connectivity index (χ1) is 14.4. The van der Waals surface area contributed by atoms with Crippen molar-refractivity contribution < 1.29 is 9.53 Å². The molecule has 1 atom stereocenters. The van der Waals surface area contributed by atoms with Gasteiger partial charge < -0.3 is 15.4 Å². The van der Waals surface area contributed by atoms with E-state index in [4.69, 9.17) is 4.74 Å². The first-order valence-corrected chi connectivity index (χ1v) is 9.94. The Labute approximate surface area is 175 Å². The van der Waals surface area contributed by atoms with Gasteiger partial charge in [-0.2, -0.15) is 10.1 Å². The minimum atomic E-state index is -0.426. The molecule has 7 nitrogen and oxygen atoms in total. The van der Waals surface area contributed by atoms with Crippen LogP contribution in [0.2, 0.25) is 0 Å². The number of ether oxygens (including phenoxy) is 1. The van der Waals surface area contributed by atoms with Gasteiger partial charge in [0.1, 0.15) is 18.1 Å². The van der Waals surface area contributed by atoms with Gasteiger partial charge in [-0.1, -0.05) is 29.8 Å². The summed E-state index contributed by atoms with van der Waals surface area (Å²) in [5.74, 6) is 1.16. The minimum Gasteiger partial charge on any atom is -0.491 e. The quantitative estimate of drug-likeness (QED) is 0.664. The van der Waals surface area contributed by atoms with Gasteiger partial charge in [-0.15, -0.1) is 0 Å². The Morgan fingerprint density at radius 3 is 2.67 bits per heavy atom. The fourth-order valence-electron chi connectivity index (χ4n) is 3.56. The number of carbonyl (C=O) groups excluding carboxylic acids is 1. The molecule has 0 fully saturated rings. The number of aryl methyl sites for hydroxylation is 1. The number of benzene rings is 2. The molecule has 0 bridgehead atoms. The molecule has 4 rings (SSSR count). The molecule has 1 unspecified atom stereocenters. The lowest BCUT2D eigenvalue weighted by atomic mass is 9.94. The standard InChI is InChI=1S/C23H25N5O2/c1-14(2)30-19-7-5-6-17(12-19)21-20(16(4)26-23-24-13-25-28(21)23)22(29)27-18-10-8-15(3)9-11-18/h5-14,21H,1-4H3,(H,27,29)(H,24,25,26). The summed E-state index contributed by atoms with van der Waals surface area (Å²) >= 11 is 0. The second kappa shape index (κ2) is 8.02. The molecule has 154 valence electrons. The monoisotopic (exact) mass is 403 g/mol. The average molecular weight is 403 g/mol. The molecule has 0 aliphatic carbocycles. The second-order valence-corrected chi connectivity index (χ2v) is 7.65. The number of nitrogens with one attached hydrogen (secondary N) is 2. The molecule has 0 saturated carbocycles. The van der Waals surface area contributed by atoms with E-state index in [1.165, 1.54) is 6.33 Å². The van der Waals surface area contributed by atoms with Crippen LogP contribution in [-0.4, -0.2) is 26.8 Å². The van der Waals surface area contributed by atoms with E-state index in [0.29, 0.717) is 11.5 Å². The third-order valence-electron chi connectivity index (χ3n) is 4.89. The molecule has 1 amide bonds. The molecular formula is C23H25N5O2. The summed E-state index contributed by atoms with van der Waals surface area (Å²) in [5, 5.41) is 10.6. The van der Waals surface area contributed by atoms with E-state index in [2.05, 4.69) is 20.7 Å². The molecule has 2 aromatic carbocycles. The van der Waals surface area contributed by atoms with E-state index in [1.54, 1.807) is 4.68 Å². The maximum Gasteiger partial charge on any atom is 0.255 e. The van der Waals surface area contributed by atoms with Gasteiger partial charge in [-0.05, 0) is 57.5 Å². The molecule has 3 aromatic rings. The molecule has 2 heterocycles. The summed E-state index contributed by atoms with van der Waals surface area (Å²) in [5.41, 5.74) is 4.09. The predicted molar refractivity (Wildman–Crippen MR) is 116 cm³/mol. The minimum absolute atomic E-state index is 0.0526. The Kier molecular flexibility index (Phi) is 5.27. The van der Waals surface area contributed by atoms with Crippen LogP contribution in [0.25, 0.3) is 0 Å². The van der Waals surface area contributed by atoms with Crippen molar-refractivity contribution >= 4 is 17.5 Å². The number of fused-ring (bicyclic) bond motifs is 1. The number of rotatable bonds is 5. The highest BCUT2D eigenvalue weighted by Crippen LogP contribution is 2.36. The molecule has 30 heavy (non-hydrogen) atoms. The number of carbonyl (C=O) groups is 1. The lowest BCUT2D eigenvalue weighted by Crippen LogP contribution is -2.31. The molecular weight excluding hydrogens is 378 g/mol. The third kappa shape index (κ3) is 3.91. The van der Waals surface area contributed by atoms with Crippen LogP contribution in [0, 0.1) is 6.92 Å². The maximum atomic E-state index is 13.3. The average Bonchev–Trinajstić information content (AvgIpc) is 3.16. The van der Waals surface area contributed by atoms with Crippen molar-refractivity contribution in [2.75, 3.05) is 10.6 Å². The summed E-state index contributed by atoms with van der Waals surface area (Å²) in [4.78, 5) is 17.6. The zero-order valence-electron chi connectivity index (χ0n) is 17.5. The highest BCUT2D eigenvalue weighted by atomic mass is 16.5. The number of allylic oxidation sites excluding steroid dienone is 1. The van der Waals surface area contributed by atoms with E-state index < -0.39 is 6.04 Å². The fourth-order valence-corrected chi connectivity index (χ4v) is 3.56. The number of amides is 1. The zero-order valence-corrected chi connectivity index (χ0v) is 17.5. The first kappa shape index (κ1) is 19.7. The molecule has 7 heteroatoms. The zero-order chi connectivity index (χ0) is 21.3. The van der Waals surface area contributed by atoms with E-state index in [0.717, 1.165) is 28.3 Å². The topological polar surface area (TPSA) is 81.1 Å².